The van der Waals surface area contributed by atoms with Crippen molar-refractivity contribution in [3.8, 4) is 17.4 Å². The summed E-state index contributed by atoms with van der Waals surface area (Å²) in [6, 6.07) is 14.4. The molecule has 4 nitrogen and oxygen atoms in total. The van der Waals surface area contributed by atoms with Gasteiger partial charge >= 0.3 is 0 Å². The van der Waals surface area contributed by atoms with Crippen LogP contribution in [0.5, 0.6) is 0 Å². The van der Waals surface area contributed by atoms with Gasteiger partial charge in [-0.1, -0.05) is 15.9 Å². The minimum atomic E-state index is -0.367. The van der Waals surface area contributed by atoms with E-state index < -0.39 is 0 Å². The Labute approximate surface area is 133 Å². The Bertz CT molecular complexity index is 1030. The molecule has 0 N–H and O–H groups in total. The van der Waals surface area contributed by atoms with Gasteiger partial charge in [0.25, 0.3) is 0 Å². The van der Waals surface area contributed by atoms with Gasteiger partial charge in [0, 0.05) is 16.1 Å². The molecule has 0 fully saturated rings. The van der Waals surface area contributed by atoms with Gasteiger partial charge in [-0.2, -0.15) is 5.26 Å². The van der Waals surface area contributed by atoms with E-state index in [9.17, 15) is 9.59 Å². The number of nitriles is 1. The maximum absolute atomic E-state index is 12.3. The molecule has 0 bridgehead atoms. The third-order valence-electron chi connectivity index (χ3n) is 3.18. The summed E-state index contributed by atoms with van der Waals surface area (Å²) in [4.78, 5) is 24.3. The Morgan fingerprint density at radius 3 is 2.36 bits per heavy atom. The molecule has 0 aliphatic carbocycles. The standard InChI is InChI=1S/C17H8BrNO3/c18-12-5-6-14(20)17-13(7-12)15(21)8-16(22-17)11-3-1-10(9-19)2-4-11/h1-8H. The monoisotopic (exact) mass is 353 g/mol. The van der Waals surface area contributed by atoms with E-state index in [1.54, 1.807) is 36.4 Å². The molecule has 0 saturated carbocycles. The zero-order chi connectivity index (χ0) is 15.7. The quantitative estimate of drug-likeness (QED) is 0.671. The second-order valence-corrected chi connectivity index (χ2v) is 5.55. The zero-order valence-electron chi connectivity index (χ0n) is 11.2. The fourth-order valence-electron chi connectivity index (χ4n) is 2.09. The number of hydrogen-bond donors (Lipinski definition) is 0. The van der Waals surface area contributed by atoms with Crippen molar-refractivity contribution in [1.82, 2.24) is 0 Å². The summed E-state index contributed by atoms with van der Waals surface area (Å²) in [6.45, 7) is 0. The Hall–Kier alpha value is -2.71. The van der Waals surface area contributed by atoms with Crippen molar-refractivity contribution in [2.24, 2.45) is 0 Å². The molecule has 0 spiro atoms. The minimum absolute atomic E-state index is 0.0116. The first kappa shape index (κ1) is 14.2. The van der Waals surface area contributed by atoms with Gasteiger partial charge in [-0.3, -0.25) is 9.59 Å². The third kappa shape index (κ3) is 2.57. The van der Waals surface area contributed by atoms with E-state index in [0.29, 0.717) is 21.4 Å². The fourth-order valence-corrected chi connectivity index (χ4v) is 2.45. The van der Waals surface area contributed by atoms with Crippen LogP contribution in [-0.4, -0.2) is 0 Å². The van der Waals surface area contributed by atoms with Crippen LogP contribution in [0.4, 0.5) is 0 Å². The summed E-state index contributed by atoms with van der Waals surface area (Å²) < 4.78 is 6.25. The van der Waals surface area contributed by atoms with Crippen molar-refractivity contribution in [2.75, 3.05) is 0 Å². The molecule has 0 saturated heterocycles. The highest BCUT2D eigenvalue weighted by Crippen LogP contribution is 2.21. The van der Waals surface area contributed by atoms with Gasteiger partial charge in [-0.25, -0.2) is 0 Å². The Balaban J connectivity index is 2.32. The first-order valence-electron chi connectivity index (χ1n) is 6.37. The van der Waals surface area contributed by atoms with Crippen LogP contribution in [-0.2, 0) is 0 Å². The highest BCUT2D eigenvalue weighted by molar-refractivity contribution is 9.10. The van der Waals surface area contributed by atoms with Crippen LogP contribution in [0.1, 0.15) is 5.56 Å². The lowest BCUT2D eigenvalue weighted by atomic mass is 10.1. The minimum Gasteiger partial charge on any atom is -0.452 e. The maximum atomic E-state index is 12.3. The van der Waals surface area contributed by atoms with E-state index in [0.717, 1.165) is 0 Å². The lowest BCUT2D eigenvalue weighted by molar-refractivity contribution is 0.616. The molecular weight excluding hydrogens is 346 g/mol. The zero-order valence-corrected chi connectivity index (χ0v) is 12.8. The topological polar surface area (TPSA) is 71.1 Å². The molecule has 0 aliphatic heterocycles. The summed E-state index contributed by atoms with van der Waals surface area (Å²) in [5.41, 5.74) is 0.482. The molecule has 1 aromatic heterocycles. The highest BCUT2D eigenvalue weighted by atomic mass is 79.9. The fraction of sp³-hybridized carbons (Fsp3) is 0. The largest absolute Gasteiger partial charge is 0.452 e. The molecule has 0 atom stereocenters. The lowest BCUT2D eigenvalue weighted by Crippen LogP contribution is -2.05. The molecule has 0 amide bonds. The molecule has 2 aromatic carbocycles. The molecule has 0 radical (unpaired) electrons. The van der Waals surface area contributed by atoms with Crippen LogP contribution in [0.2, 0.25) is 0 Å². The van der Waals surface area contributed by atoms with Gasteiger partial charge in [0.2, 0.25) is 5.43 Å². The molecule has 5 heteroatoms. The second kappa shape index (κ2) is 5.58. The Morgan fingerprint density at radius 2 is 1.68 bits per heavy atom. The summed E-state index contributed by atoms with van der Waals surface area (Å²) in [6.07, 6.45) is 0. The van der Waals surface area contributed by atoms with E-state index >= 15 is 0 Å². The number of halogens is 1. The average Bonchev–Trinajstić information content (AvgIpc) is 2.68. The van der Waals surface area contributed by atoms with E-state index in [1.807, 2.05) is 6.07 Å². The van der Waals surface area contributed by atoms with Gasteiger partial charge in [-0.15, -0.1) is 0 Å². The van der Waals surface area contributed by atoms with Crippen molar-refractivity contribution in [2.45, 2.75) is 0 Å². The summed E-state index contributed by atoms with van der Waals surface area (Å²) >= 11 is 3.26. The van der Waals surface area contributed by atoms with Crippen molar-refractivity contribution < 1.29 is 4.42 Å². The maximum Gasteiger partial charge on any atom is 0.221 e. The summed E-state index contributed by atoms with van der Waals surface area (Å²) in [5, 5.41) is 9.03. The van der Waals surface area contributed by atoms with Gasteiger partial charge in [0.15, 0.2) is 11.0 Å². The lowest BCUT2D eigenvalue weighted by Gasteiger charge is -2.01. The highest BCUT2D eigenvalue weighted by Gasteiger charge is 2.09. The van der Waals surface area contributed by atoms with E-state index in [1.165, 1.54) is 12.1 Å². The van der Waals surface area contributed by atoms with E-state index in [2.05, 4.69) is 15.9 Å². The number of fused-ring (bicyclic) bond motifs is 1. The number of benzene rings is 1. The van der Waals surface area contributed by atoms with Crippen LogP contribution in [0.25, 0.3) is 22.3 Å². The van der Waals surface area contributed by atoms with Crippen molar-refractivity contribution in [1.29, 1.82) is 5.26 Å². The predicted molar refractivity (Wildman–Crippen MR) is 86.6 cm³/mol. The molecule has 0 aliphatic rings. The average molecular weight is 354 g/mol. The van der Waals surface area contributed by atoms with Gasteiger partial charge in [0.05, 0.1) is 17.0 Å². The van der Waals surface area contributed by atoms with Gasteiger partial charge < -0.3 is 4.42 Å². The third-order valence-corrected chi connectivity index (χ3v) is 3.68. The first-order valence-corrected chi connectivity index (χ1v) is 7.16. The van der Waals surface area contributed by atoms with Crippen LogP contribution < -0.4 is 10.9 Å². The van der Waals surface area contributed by atoms with Crippen molar-refractivity contribution in [3.05, 3.63) is 79.0 Å². The van der Waals surface area contributed by atoms with Crippen molar-refractivity contribution in [3.63, 3.8) is 0 Å². The number of rotatable bonds is 1. The molecular formula is C17H8BrNO3. The smallest absolute Gasteiger partial charge is 0.221 e. The normalized spacial score (nSPS) is 10.4. The molecule has 106 valence electrons. The van der Waals surface area contributed by atoms with Gasteiger partial charge in [-0.05, 0) is 42.5 Å². The van der Waals surface area contributed by atoms with Crippen LogP contribution in [0, 0.1) is 11.3 Å². The molecule has 1 heterocycles. The number of hydrogen-bond acceptors (Lipinski definition) is 4. The number of nitrogens with zero attached hydrogens (tertiary/aromatic N) is 1. The van der Waals surface area contributed by atoms with Gasteiger partial charge in [0.1, 0.15) is 5.76 Å². The Kier molecular flexibility index (Phi) is 3.61. The second-order valence-electron chi connectivity index (χ2n) is 4.63. The van der Waals surface area contributed by atoms with Crippen molar-refractivity contribution >= 4 is 26.9 Å². The van der Waals surface area contributed by atoms with E-state index in [4.69, 9.17) is 9.68 Å². The predicted octanol–water partition coefficient (Wildman–Crippen LogP) is 3.45. The van der Waals surface area contributed by atoms with E-state index in [-0.39, 0.29) is 21.8 Å². The molecule has 3 rings (SSSR count). The summed E-state index contributed by atoms with van der Waals surface area (Å²) in [5.74, 6) is 0.293. The SMILES string of the molecule is N#Cc1ccc(-c2cc(=O)c3cc(Br)ccc(=O)c3o2)cc1. The molecule has 0 unspecified atom stereocenters. The molecule has 22 heavy (non-hydrogen) atoms. The van der Waals surface area contributed by atoms with Crippen LogP contribution >= 0.6 is 15.9 Å². The molecule has 3 aromatic rings. The Morgan fingerprint density at radius 1 is 0.955 bits per heavy atom. The first-order chi connectivity index (χ1) is 10.6. The van der Waals surface area contributed by atoms with Crippen LogP contribution in [0.15, 0.2) is 67.0 Å². The summed E-state index contributed by atoms with van der Waals surface area (Å²) in [7, 11) is 0. The van der Waals surface area contributed by atoms with Crippen LogP contribution in [0.3, 0.4) is 0 Å².